The number of alkyl halides is 3. The minimum absolute atomic E-state index is 0.00682. The smallest absolute Gasteiger partial charge is 0.379 e. The van der Waals surface area contributed by atoms with Gasteiger partial charge in [-0.2, -0.15) is 13.2 Å². The van der Waals surface area contributed by atoms with E-state index in [1.165, 1.54) is 0 Å². The fourth-order valence-electron chi connectivity index (χ4n) is 5.98. The Morgan fingerprint density at radius 1 is 1.36 bits per heavy atom. The Hall–Kier alpha value is -1.75. The molecule has 0 aromatic carbocycles. The quantitative estimate of drug-likeness (QED) is 0.730. The molecule has 5 rings (SSSR count). The molecule has 4 aliphatic rings. The Labute approximate surface area is 191 Å². The number of pyridine rings is 1. The van der Waals surface area contributed by atoms with Crippen molar-refractivity contribution in [3.05, 3.63) is 29.1 Å². The normalized spacial score (nSPS) is 34.2. The first-order chi connectivity index (χ1) is 15.8. The summed E-state index contributed by atoms with van der Waals surface area (Å²) in [4.78, 5) is 19.5. The van der Waals surface area contributed by atoms with E-state index >= 15 is 0 Å². The average Bonchev–Trinajstić information content (AvgIpc) is 3.35. The lowest BCUT2D eigenvalue weighted by molar-refractivity contribution is -0.145. The minimum atomic E-state index is -4.45. The van der Waals surface area contributed by atoms with Gasteiger partial charge in [-0.1, -0.05) is 0 Å². The standard InChI is InChI=1S/C23H30F3N3O4/c1-31-19-13-32-6-3-18(19)28-16-9-20-22(10-16,4-7-33-20)21(30)29-5-2-17-14(12-29)8-15(11-27-17)23(24,25)26/h8,11,16,18-20,28H,2-7,9-10,12-13H2,1H3/t16-,18+,19-,20-,22-/m1/s1. The summed E-state index contributed by atoms with van der Waals surface area (Å²) < 4.78 is 56.6. The molecule has 10 heteroatoms. The second kappa shape index (κ2) is 8.79. The van der Waals surface area contributed by atoms with Gasteiger partial charge in [-0.15, -0.1) is 0 Å². The van der Waals surface area contributed by atoms with Gasteiger partial charge < -0.3 is 24.4 Å². The molecule has 33 heavy (non-hydrogen) atoms. The lowest BCUT2D eigenvalue weighted by Crippen LogP contribution is -2.51. The number of fused-ring (bicyclic) bond motifs is 2. The fraction of sp³-hybridized carbons (Fsp3) is 0.739. The predicted molar refractivity (Wildman–Crippen MR) is 111 cm³/mol. The second-order valence-electron chi connectivity index (χ2n) is 9.62. The minimum Gasteiger partial charge on any atom is -0.379 e. The SMILES string of the molecule is CO[C@@H]1COCC[C@@H]1N[C@@H]1C[C@H]2OCC[C@@]2(C(=O)N2CCc3ncc(C(F)(F)F)cc3C2)C1. The van der Waals surface area contributed by atoms with Crippen molar-refractivity contribution < 1.29 is 32.2 Å². The molecule has 4 heterocycles. The Morgan fingerprint density at radius 2 is 2.21 bits per heavy atom. The molecule has 0 radical (unpaired) electrons. The van der Waals surface area contributed by atoms with Crippen LogP contribution in [-0.2, 0) is 38.1 Å². The highest BCUT2D eigenvalue weighted by Crippen LogP contribution is 2.49. The number of carbonyl (C=O) groups excluding carboxylic acids is 1. The number of hydrogen-bond acceptors (Lipinski definition) is 6. The Balaban J connectivity index is 1.31. The maximum absolute atomic E-state index is 13.8. The van der Waals surface area contributed by atoms with Crippen molar-refractivity contribution in [3.8, 4) is 0 Å². The molecule has 1 aromatic rings. The van der Waals surface area contributed by atoms with Crippen LogP contribution in [0, 0.1) is 5.41 Å². The molecule has 1 aromatic heterocycles. The first-order valence-corrected chi connectivity index (χ1v) is 11.6. The fourth-order valence-corrected chi connectivity index (χ4v) is 5.98. The number of rotatable bonds is 4. The summed E-state index contributed by atoms with van der Waals surface area (Å²) in [6.45, 7) is 2.37. The van der Waals surface area contributed by atoms with Crippen LogP contribution in [-0.4, -0.2) is 73.6 Å². The van der Waals surface area contributed by atoms with Crippen molar-refractivity contribution in [1.29, 1.82) is 0 Å². The monoisotopic (exact) mass is 469 g/mol. The van der Waals surface area contributed by atoms with Gasteiger partial charge in [0, 0.05) is 63.8 Å². The summed E-state index contributed by atoms with van der Waals surface area (Å²) in [7, 11) is 1.68. The van der Waals surface area contributed by atoms with Crippen LogP contribution < -0.4 is 5.32 Å². The maximum Gasteiger partial charge on any atom is 0.417 e. The molecule has 1 N–H and O–H groups in total. The van der Waals surface area contributed by atoms with Crippen LogP contribution >= 0.6 is 0 Å². The average molecular weight is 470 g/mol. The summed E-state index contributed by atoms with van der Waals surface area (Å²) >= 11 is 0. The number of carbonyl (C=O) groups is 1. The molecule has 0 unspecified atom stereocenters. The van der Waals surface area contributed by atoms with Crippen molar-refractivity contribution >= 4 is 5.91 Å². The van der Waals surface area contributed by atoms with Crippen molar-refractivity contribution in [2.24, 2.45) is 5.41 Å². The highest BCUT2D eigenvalue weighted by molar-refractivity contribution is 5.84. The topological polar surface area (TPSA) is 72.9 Å². The van der Waals surface area contributed by atoms with Gasteiger partial charge in [0.25, 0.3) is 0 Å². The van der Waals surface area contributed by atoms with Gasteiger partial charge in [0.05, 0.1) is 29.8 Å². The number of methoxy groups -OCH3 is 1. The molecule has 1 saturated carbocycles. The molecular formula is C23H30F3N3O4. The van der Waals surface area contributed by atoms with Crippen molar-refractivity contribution in [3.63, 3.8) is 0 Å². The van der Waals surface area contributed by atoms with Crippen molar-refractivity contribution in [2.75, 3.05) is 33.5 Å². The van der Waals surface area contributed by atoms with Gasteiger partial charge in [0.1, 0.15) is 0 Å². The molecule has 1 aliphatic carbocycles. The molecule has 182 valence electrons. The van der Waals surface area contributed by atoms with Crippen LogP contribution in [0.1, 0.15) is 42.5 Å². The molecule has 1 amide bonds. The summed E-state index contributed by atoms with van der Waals surface area (Å²) in [6.07, 6.45) is -0.430. The summed E-state index contributed by atoms with van der Waals surface area (Å²) in [5.41, 5.74) is -0.281. The molecule has 0 bridgehead atoms. The summed E-state index contributed by atoms with van der Waals surface area (Å²) in [6, 6.07) is 1.42. The Morgan fingerprint density at radius 3 is 3.00 bits per heavy atom. The zero-order chi connectivity index (χ0) is 23.2. The zero-order valence-corrected chi connectivity index (χ0v) is 18.7. The highest BCUT2D eigenvalue weighted by atomic mass is 19.4. The lowest BCUT2D eigenvalue weighted by Gasteiger charge is -2.37. The van der Waals surface area contributed by atoms with E-state index in [1.807, 2.05) is 0 Å². The first kappa shape index (κ1) is 23.0. The molecular weight excluding hydrogens is 439 g/mol. The Bertz CT molecular complexity index is 898. The largest absolute Gasteiger partial charge is 0.417 e. The van der Waals surface area contributed by atoms with Gasteiger partial charge in [-0.05, 0) is 37.3 Å². The summed E-state index contributed by atoms with van der Waals surface area (Å²) in [5.74, 6) is -0.00682. The molecule has 3 aliphatic heterocycles. The molecule has 7 nitrogen and oxygen atoms in total. The lowest BCUT2D eigenvalue weighted by atomic mass is 9.80. The van der Waals surface area contributed by atoms with Crippen LogP contribution in [0.15, 0.2) is 12.3 Å². The van der Waals surface area contributed by atoms with Crippen molar-refractivity contribution in [2.45, 2.75) is 69.1 Å². The van der Waals surface area contributed by atoms with Gasteiger partial charge in [0.15, 0.2) is 0 Å². The van der Waals surface area contributed by atoms with Gasteiger partial charge in [0.2, 0.25) is 5.91 Å². The number of halogens is 3. The molecule has 3 fully saturated rings. The third-order valence-corrected chi connectivity index (χ3v) is 7.73. The highest BCUT2D eigenvalue weighted by Gasteiger charge is 2.58. The third-order valence-electron chi connectivity index (χ3n) is 7.73. The van der Waals surface area contributed by atoms with Crippen LogP contribution in [0.4, 0.5) is 13.2 Å². The van der Waals surface area contributed by atoms with E-state index in [1.54, 1.807) is 12.0 Å². The molecule has 5 atom stereocenters. The number of nitrogens with one attached hydrogen (secondary N) is 1. The van der Waals surface area contributed by atoms with Gasteiger partial charge >= 0.3 is 6.18 Å². The number of ether oxygens (including phenoxy) is 3. The van der Waals surface area contributed by atoms with E-state index in [4.69, 9.17) is 14.2 Å². The number of nitrogens with zero attached hydrogens (tertiary/aromatic N) is 2. The van der Waals surface area contributed by atoms with E-state index in [2.05, 4.69) is 10.3 Å². The second-order valence-corrected chi connectivity index (χ2v) is 9.62. The van der Waals surface area contributed by atoms with Gasteiger partial charge in [-0.25, -0.2) is 0 Å². The van der Waals surface area contributed by atoms with Crippen LogP contribution in [0.5, 0.6) is 0 Å². The van der Waals surface area contributed by atoms with Gasteiger partial charge in [-0.3, -0.25) is 9.78 Å². The van der Waals surface area contributed by atoms with E-state index in [9.17, 15) is 18.0 Å². The summed E-state index contributed by atoms with van der Waals surface area (Å²) in [5, 5.41) is 3.68. The van der Waals surface area contributed by atoms with E-state index < -0.39 is 17.2 Å². The number of aromatic nitrogens is 1. The maximum atomic E-state index is 13.8. The third kappa shape index (κ3) is 4.26. The van der Waals surface area contributed by atoms with Crippen LogP contribution in [0.3, 0.4) is 0 Å². The molecule has 2 saturated heterocycles. The van der Waals surface area contributed by atoms with Crippen LogP contribution in [0.25, 0.3) is 0 Å². The Kier molecular flexibility index (Phi) is 6.13. The van der Waals surface area contributed by atoms with E-state index in [0.717, 1.165) is 25.1 Å². The van der Waals surface area contributed by atoms with E-state index in [0.29, 0.717) is 56.9 Å². The zero-order valence-electron chi connectivity index (χ0n) is 18.7. The first-order valence-electron chi connectivity index (χ1n) is 11.6. The molecule has 0 spiro atoms. The van der Waals surface area contributed by atoms with E-state index in [-0.39, 0.29) is 36.7 Å². The van der Waals surface area contributed by atoms with Crippen molar-refractivity contribution in [1.82, 2.24) is 15.2 Å². The predicted octanol–water partition coefficient (Wildman–Crippen LogP) is 2.32. The van der Waals surface area contributed by atoms with Crippen LogP contribution in [0.2, 0.25) is 0 Å². The number of amides is 1. The number of hydrogen-bond donors (Lipinski definition) is 1.